The third-order valence-corrected chi connectivity index (χ3v) is 5.19. The summed E-state index contributed by atoms with van der Waals surface area (Å²) in [5.74, 6) is 0.182. The largest absolute Gasteiger partial charge is 0.542 e. The molecule has 1 aromatic carbocycles. The number of rotatable bonds is 1. The molecular weight excluding hydrogens is 416 g/mol. The van der Waals surface area contributed by atoms with E-state index < -0.39 is 12.1 Å². The predicted octanol–water partition coefficient (Wildman–Crippen LogP) is -0.686. The molecule has 2 nitrogen and oxygen atoms in total. The summed E-state index contributed by atoms with van der Waals surface area (Å²) in [7, 11) is 0. The summed E-state index contributed by atoms with van der Waals surface area (Å²) in [4.78, 5) is 8.78. The first kappa shape index (κ1) is 17.5. The fraction of sp³-hybridized carbons (Fsp3) is 0.0714. The minimum absolute atomic E-state index is 0.104. The van der Waals surface area contributed by atoms with E-state index in [0.717, 1.165) is 5.56 Å². The van der Waals surface area contributed by atoms with Crippen LogP contribution >= 0.6 is 11.3 Å². The van der Waals surface area contributed by atoms with E-state index >= 15 is 0 Å². The van der Waals surface area contributed by atoms with E-state index in [4.69, 9.17) is 9.90 Å². The Kier molecular flexibility index (Phi) is 7.25. The van der Waals surface area contributed by atoms with Crippen LogP contribution in [0, 0.1) is 12.7 Å². The van der Waals surface area contributed by atoms with Crippen LogP contribution in [-0.4, -0.2) is 12.1 Å². The molecule has 0 unspecified atom stereocenters. The Balaban J connectivity index is 0.000000270. The van der Waals surface area contributed by atoms with Crippen LogP contribution in [0.2, 0.25) is 0 Å². The van der Waals surface area contributed by atoms with Crippen LogP contribution < -0.4 is 26.3 Å². The van der Waals surface area contributed by atoms with E-state index in [0.29, 0.717) is 0 Å². The molecule has 0 amide bonds. The van der Waals surface area contributed by atoms with Gasteiger partial charge in [0.1, 0.15) is 5.97 Å². The molecular formula is C14H8F3IO2S. The Bertz CT molecular complexity index is 613. The molecule has 1 heterocycles. The summed E-state index contributed by atoms with van der Waals surface area (Å²) >= 11 is 1.70. The molecule has 110 valence electrons. The van der Waals surface area contributed by atoms with Gasteiger partial charge in [-0.2, -0.15) is 13.2 Å². The SMILES string of the molecule is C(#Cc1ccccc1)[I+]c1cccs1.O=C([O-])C(F)(F)F. The lowest BCUT2D eigenvalue weighted by atomic mass is 10.2. The van der Waals surface area contributed by atoms with Crippen molar-refractivity contribution in [3.8, 4) is 9.85 Å². The van der Waals surface area contributed by atoms with Crippen molar-refractivity contribution in [2.24, 2.45) is 0 Å². The van der Waals surface area contributed by atoms with E-state index in [2.05, 4.69) is 27.4 Å². The van der Waals surface area contributed by atoms with Crippen molar-refractivity contribution < 1.29 is 44.3 Å². The van der Waals surface area contributed by atoms with E-state index in [1.165, 1.54) is 2.88 Å². The van der Waals surface area contributed by atoms with Gasteiger partial charge in [0.25, 0.3) is 2.88 Å². The molecule has 0 N–H and O–H groups in total. The fourth-order valence-electron chi connectivity index (χ4n) is 0.959. The van der Waals surface area contributed by atoms with Gasteiger partial charge >= 0.3 is 27.4 Å². The van der Waals surface area contributed by atoms with E-state index in [1.54, 1.807) is 11.3 Å². The van der Waals surface area contributed by atoms with Crippen LogP contribution in [0.5, 0.6) is 0 Å². The van der Waals surface area contributed by atoms with Gasteiger partial charge in [-0.3, -0.25) is 0 Å². The van der Waals surface area contributed by atoms with Gasteiger partial charge in [-0.15, -0.1) is 0 Å². The molecule has 2 rings (SSSR count). The van der Waals surface area contributed by atoms with E-state index in [9.17, 15) is 13.2 Å². The minimum Gasteiger partial charge on any atom is -0.542 e. The molecule has 0 saturated carbocycles. The number of hydrogen-bond donors (Lipinski definition) is 0. The van der Waals surface area contributed by atoms with Gasteiger partial charge in [0.05, 0.1) is 0 Å². The summed E-state index contributed by atoms with van der Waals surface area (Å²) in [5.41, 5.74) is 1.11. The first-order valence-corrected chi connectivity index (χ1v) is 8.45. The molecule has 0 aliphatic heterocycles. The lowest BCUT2D eigenvalue weighted by molar-refractivity contribution is -0.528. The molecule has 1 aromatic heterocycles. The summed E-state index contributed by atoms with van der Waals surface area (Å²) in [6.07, 6.45) is -5.19. The normalized spacial score (nSPS) is 9.86. The number of carboxylic acids is 1. The molecule has 0 fully saturated rings. The van der Waals surface area contributed by atoms with Gasteiger partial charge in [0, 0.05) is 11.6 Å². The molecule has 0 atom stereocenters. The summed E-state index contributed by atoms with van der Waals surface area (Å²) in [5, 5.41) is 10.9. The second kappa shape index (κ2) is 8.69. The Hall–Kier alpha value is -1.53. The van der Waals surface area contributed by atoms with Crippen LogP contribution in [-0.2, 0) is 4.79 Å². The Morgan fingerprint density at radius 3 is 2.24 bits per heavy atom. The summed E-state index contributed by atoms with van der Waals surface area (Å²) in [6, 6.07) is 14.4. The summed E-state index contributed by atoms with van der Waals surface area (Å²) < 4.78 is 36.3. The smallest absolute Gasteiger partial charge is 0.432 e. The van der Waals surface area contributed by atoms with Crippen LogP contribution in [0.25, 0.3) is 0 Å². The van der Waals surface area contributed by atoms with Gasteiger partial charge in [0.2, 0.25) is 0 Å². The zero-order valence-corrected chi connectivity index (χ0v) is 13.3. The van der Waals surface area contributed by atoms with Gasteiger partial charge in [-0.05, 0) is 29.5 Å². The fourth-order valence-corrected chi connectivity index (χ4v) is 3.63. The zero-order chi connectivity index (χ0) is 15.7. The number of benzene rings is 1. The number of aliphatic carboxylic acids is 1. The number of hydrogen-bond acceptors (Lipinski definition) is 3. The van der Waals surface area contributed by atoms with Crippen molar-refractivity contribution in [3.05, 3.63) is 56.3 Å². The lowest BCUT2D eigenvalue weighted by Crippen LogP contribution is -3.59. The van der Waals surface area contributed by atoms with Crippen molar-refractivity contribution in [2.75, 3.05) is 0 Å². The molecule has 7 heteroatoms. The Morgan fingerprint density at radius 1 is 1.14 bits per heavy atom. The maximum absolute atomic E-state index is 10.5. The van der Waals surface area contributed by atoms with Crippen molar-refractivity contribution in [2.45, 2.75) is 6.18 Å². The van der Waals surface area contributed by atoms with Crippen LogP contribution in [0.3, 0.4) is 0 Å². The zero-order valence-electron chi connectivity index (χ0n) is 10.4. The minimum atomic E-state index is -5.19. The van der Waals surface area contributed by atoms with Crippen LogP contribution in [0.4, 0.5) is 13.2 Å². The van der Waals surface area contributed by atoms with Crippen molar-refractivity contribution in [1.82, 2.24) is 0 Å². The van der Waals surface area contributed by atoms with Crippen molar-refractivity contribution in [1.29, 1.82) is 0 Å². The average Bonchev–Trinajstić information content (AvgIpc) is 2.93. The quantitative estimate of drug-likeness (QED) is 0.450. The average molecular weight is 424 g/mol. The van der Waals surface area contributed by atoms with Gasteiger partial charge < -0.3 is 9.90 Å². The third kappa shape index (κ3) is 7.72. The molecule has 0 aliphatic rings. The molecule has 21 heavy (non-hydrogen) atoms. The summed E-state index contributed by atoms with van der Waals surface area (Å²) in [6.45, 7) is 0. The highest BCUT2D eigenvalue weighted by Crippen LogP contribution is 2.11. The molecule has 0 radical (unpaired) electrons. The van der Waals surface area contributed by atoms with Crippen molar-refractivity contribution in [3.63, 3.8) is 0 Å². The number of carbonyl (C=O) groups excluding carboxylic acids is 1. The second-order valence-corrected chi connectivity index (χ2v) is 7.30. The van der Waals surface area contributed by atoms with E-state index in [1.807, 2.05) is 30.3 Å². The molecule has 0 saturated heterocycles. The van der Waals surface area contributed by atoms with Crippen LogP contribution in [0.1, 0.15) is 5.56 Å². The molecule has 0 aliphatic carbocycles. The number of carboxylic acid groups (broad SMARTS) is 1. The van der Waals surface area contributed by atoms with Crippen LogP contribution in [0.15, 0.2) is 47.8 Å². The molecule has 2 aromatic rings. The number of thiophene rings is 1. The molecule has 0 spiro atoms. The highest BCUT2D eigenvalue weighted by atomic mass is 127. The topological polar surface area (TPSA) is 40.1 Å². The maximum Gasteiger partial charge on any atom is 0.432 e. The highest BCUT2D eigenvalue weighted by molar-refractivity contribution is 7.07. The number of halogens is 4. The van der Waals surface area contributed by atoms with Gasteiger partial charge in [-0.25, -0.2) is 0 Å². The standard InChI is InChI=1S/C12H8IS.C2HF3O2/c1-2-5-11(6-3-1)8-9-13-12-7-4-10-14-12;3-2(4,5)1(6)7/h1-7,10H;(H,6,7)/q+1;/p-1. The monoisotopic (exact) mass is 424 g/mol. The van der Waals surface area contributed by atoms with Gasteiger partial charge in [-0.1, -0.05) is 29.5 Å². The van der Waals surface area contributed by atoms with E-state index in [-0.39, 0.29) is 21.2 Å². The maximum atomic E-state index is 10.5. The first-order chi connectivity index (χ1) is 9.89. The predicted molar refractivity (Wildman–Crippen MR) is 67.4 cm³/mol. The third-order valence-electron chi connectivity index (χ3n) is 1.82. The Morgan fingerprint density at radius 2 is 1.76 bits per heavy atom. The Labute approximate surface area is 133 Å². The number of alkyl halides is 3. The molecule has 0 bridgehead atoms. The van der Waals surface area contributed by atoms with Crippen molar-refractivity contribution >= 4 is 17.3 Å². The number of carbonyl (C=O) groups is 1. The second-order valence-electron chi connectivity index (χ2n) is 3.38. The first-order valence-electron chi connectivity index (χ1n) is 5.41. The lowest BCUT2D eigenvalue weighted by Gasteiger charge is -2.03. The van der Waals surface area contributed by atoms with Gasteiger partial charge in [0.15, 0.2) is 3.93 Å². The highest BCUT2D eigenvalue weighted by Gasteiger charge is 2.28.